The van der Waals surface area contributed by atoms with Crippen molar-refractivity contribution in [3.63, 3.8) is 0 Å². The molecule has 1 aromatic heterocycles. The first kappa shape index (κ1) is 14.0. The summed E-state index contributed by atoms with van der Waals surface area (Å²) in [7, 11) is 0. The zero-order valence-electron chi connectivity index (χ0n) is 9.71. The molecule has 1 unspecified atom stereocenters. The third-order valence-electron chi connectivity index (χ3n) is 2.59. The Labute approximate surface area is 127 Å². The van der Waals surface area contributed by atoms with Crippen molar-refractivity contribution in [3.8, 4) is 0 Å². The highest BCUT2D eigenvalue weighted by atomic mass is 127. The maximum Gasteiger partial charge on any atom is 0.139 e. The smallest absolute Gasteiger partial charge is 0.139 e. The Bertz CT molecular complexity index is 544. The molecule has 0 amide bonds. The van der Waals surface area contributed by atoms with E-state index >= 15 is 0 Å². The van der Waals surface area contributed by atoms with Crippen molar-refractivity contribution in [2.75, 3.05) is 6.54 Å². The zero-order chi connectivity index (χ0) is 13.1. The molecule has 0 radical (unpaired) electrons. The first-order chi connectivity index (χ1) is 8.63. The lowest BCUT2D eigenvalue weighted by Gasteiger charge is -2.18. The van der Waals surface area contributed by atoms with E-state index in [9.17, 15) is 4.39 Å². The monoisotopic (exact) mass is 423 g/mol. The summed E-state index contributed by atoms with van der Waals surface area (Å²) in [6, 6.07) is 6.57. The highest BCUT2D eigenvalue weighted by Gasteiger charge is 2.21. The molecule has 1 aromatic carbocycles. The van der Waals surface area contributed by atoms with E-state index in [0.29, 0.717) is 0 Å². The maximum absolute atomic E-state index is 13.2. The lowest BCUT2D eigenvalue weighted by Crippen LogP contribution is -2.22. The molecule has 1 atom stereocenters. The second kappa shape index (κ2) is 6.16. The van der Waals surface area contributed by atoms with Crippen molar-refractivity contribution in [2.24, 2.45) is 0 Å². The fourth-order valence-corrected chi connectivity index (χ4v) is 3.01. The number of benzene rings is 1. The Morgan fingerprint density at radius 2 is 2.22 bits per heavy atom. The van der Waals surface area contributed by atoms with Crippen LogP contribution in [-0.2, 0) is 0 Å². The third-order valence-corrected chi connectivity index (χ3v) is 4.18. The van der Waals surface area contributed by atoms with Crippen LogP contribution < -0.4 is 5.32 Å². The second-order valence-corrected chi connectivity index (χ2v) is 5.81. The Balaban J connectivity index is 2.45. The number of halogens is 3. The molecule has 0 bridgehead atoms. The summed E-state index contributed by atoms with van der Waals surface area (Å²) < 4.78 is 20.5. The number of rotatable bonds is 4. The Morgan fingerprint density at radius 1 is 1.44 bits per heavy atom. The fraction of sp³-hybridized carbons (Fsp3) is 0.231. The van der Waals surface area contributed by atoms with Gasteiger partial charge in [-0.3, -0.25) is 0 Å². The molecule has 5 heteroatoms. The van der Waals surface area contributed by atoms with Gasteiger partial charge in [-0.1, -0.05) is 13.0 Å². The van der Waals surface area contributed by atoms with Gasteiger partial charge in [-0.15, -0.1) is 0 Å². The summed E-state index contributed by atoms with van der Waals surface area (Å²) in [5.74, 6) is 0.582. The Hall–Kier alpha value is -0.400. The van der Waals surface area contributed by atoms with Crippen molar-refractivity contribution in [1.82, 2.24) is 5.32 Å². The summed E-state index contributed by atoms with van der Waals surface area (Å²) in [4.78, 5) is 0. The van der Waals surface area contributed by atoms with Crippen LogP contribution >= 0.6 is 38.5 Å². The molecule has 2 aromatic rings. The summed E-state index contributed by atoms with van der Waals surface area (Å²) >= 11 is 5.60. The van der Waals surface area contributed by atoms with Gasteiger partial charge in [0.1, 0.15) is 11.6 Å². The fourth-order valence-electron chi connectivity index (χ4n) is 1.80. The van der Waals surface area contributed by atoms with Gasteiger partial charge in [-0.25, -0.2) is 4.39 Å². The van der Waals surface area contributed by atoms with E-state index in [1.807, 2.05) is 13.0 Å². The van der Waals surface area contributed by atoms with E-state index in [1.54, 1.807) is 12.3 Å². The van der Waals surface area contributed by atoms with E-state index < -0.39 is 0 Å². The highest BCUT2D eigenvalue weighted by molar-refractivity contribution is 14.1. The van der Waals surface area contributed by atoms with Crippen LogP contribution in [0.1, 0.15) is 24.3 Å². The van der Waals surface area contributed by atoms with Gasteiger partial charge in [-0.2, -0.15) is 0 Å². The molecule has 1 heterocycles. The second-order valence-electron chi connectivity index (χ2n) is 3.79. The van der Waals surface area contributed by atoms with Crippen LogP contribution in [-0.4, -0.2) is 6.54 Å². The van der Waals surface area contributed by atoms with Crippen molar-refractivity contribution in [2.45, 2.75) is 13.0 Å². The van der Waals surface area contributed by atoms with Gasteiger partial charge in [0.15, 0.2) is 0 Å². The van der Waals surface area contributed by atoms with Crippen LogP contribution in [0.2, 0.25) is 0 Å². The summed E-state index contributed by atoms with van der Waals surface area (Å²) in [5, 5.41) is 3.35. The van der Waals surface area contributed by atoms with Crippen LogP contribution in [0.3, 0.4) is 0 Å². The minimum Gasteiger partial charge on any atom is -0.466 e. The zero-order valence-corrected chi connectivity index (χ0v) is 13.5. The van der Waals surface area contributed by atoms with Gasteiger partial charge in [0, 0.05) is 3.57 Å². The van der Waals surface area contributed by atoms with E-state index in [0.717, 1.165) is 25.9 Å². The van der Waals surface area contributed by atoms with Gasteiger partial charge in [0.05, 0.1) is 16.8 Å². The number of nitrogens with one attached hydrogen (secondary N) is 1. The first-order valence-corrected chi connectivity index (χ1v) is 7.42. The van der Waals surface area contributed by atoms with Crippen molar-refractivity contribution < 1.29 is 8.81 Å². The molecule has 0 aliphatic heterocycles. The van der Waals surface area contributed by atoms with E-state index in [2.05, 4.69) is 43.8 Å². The molecule has 96 valence electrons. The summed E-state index contributed by atoms with van der Waals surface area (Å²) in [6.45, 7) is 2.82. The quantitative estimate of drug-likeness (QED) is 0.733. The van der Waals surface area contributed by atoms with E-state index in [1.165, 1.54) is 12.1 Å². The molecule has 1 N–H and O–H groups in total. The van der Waals surface area contributed by atoms with Crippen LogP contribution in [0.25, 0.3) is 0 Å². The van der Waals surface area contributed by atoms with Gasteiger partial charge >= 0.3 is 0 Å². The number of furan rings is 1. The SMILES string of the molecule is CCNC(c1ccc(F)cc1I)c1occc1Br. The van der Waals surface area contributed by atoms with E-state index in [-0.39, 0.29) is 11.9 Å². The van der Waals surface area contributed by atoms with Gasteiger partial charge in [0.25, 0.3) is 0 Å². The predicted molar refractivity (Wildman–Crippen MR) is 81.0 cm³/mol. The molecule has 2 nitrogen and oxygen atoms in total. The van der Waals surface area contributed by atoms with Gasteiger partial charge < -0.3 is 9.73 Å². The lowest BCUT2D eigenvalue weighted by molar-refractivity contribution is 0.448. The van der Waals surface area contributed by atoms with Crippen LogP contribution in [0.4, 0.5) is 4.39 Å². The molecule has 2 rings (SSSR count). The molecule has 0 aliphatic rings. The molecule has 0 aliphatic carbocycles. The van der Waals surface area contributed by atoms with Gasteiger partial charge in [0.2, 0.25) is 0 Å². The normalized spacial score (nSPS) is 12.7. The molecular formula is C13H12BrFINO. The van der Waals surface area contributed by atoms with Crippen molar-refractivity contribution in [1.29, 1.82) is 0 Å². The molecule has 18 heavy (non-hydrogen) atoms. The van der Waals surface area contributed by atoms with Crippen molar-refractivity contribution in [3.05, 3.63) is 55.7 Å². The molecular weight excluding hydrogens is 412 g/mol. The minimum absolute atomic E-state index is 0.0770. The largest absolute Gasteiger partial charge is 0.466 e. The van der Waals surface area contributed by atoms with Crippen LogP contribution in [0, 0.1) is 9.39 Å². The Morgan fingerprint density at radius 3 is 2.78 bits per heavy atom. The van der Waals surface area contributed by atoms with Crippen LogP contribution in [0.5, 0.6) is 0 Å². The molecule has 0 saturated heterocycles. The predicted octanol–water partition coefficient (Wildman–Crippen LogP) is 4.48. The van der Waals surface area contributed by atoms with E-state index in [4.69, 9.17) is 4.42 Å². The standard InChI is InChI=1S/C13H12BrFINO/c1-2-17-12(13-10(14)5-6-18-13)9-4-3-8(15)7-11(9)16/h3-7,12,17H,2H2,1H3. The highest BCUT2D eigenvalue weighted by Crippen LogP contribution is 2.32. The average Bonchev–Trinajstić information content (AvgIpc) is 2.73. The van der Waals surface area contributed by atoms with Crippen molar-refractivity contribution >= 4 is 38.5 Å². The number of hydrogen-bond donors (Lipinski definition) is 1. The minimum atomic E-state index is -0.225. The summed E-state index contributed by atoms with van der Waals surface area (Å²) in [5.41, 5.74) is 1.01. The molecule has 0 spiro atoms. The number of hydrogen-bond acceptors (Lipinski definition) is 2. The topological polar surface area (TPSA) is 25.2 Å². The lowest BCUT2D eigenvalue weighted by atomic mass is 10.0. The Kier molecular flexibility index (Phi) is 4.80. The first-order valence-electron chi connectivity index (χ1n) is 5.54. The molecule has 0 fully saturated rings. The summed E-state index contributed by atoms with van der Waals surface area (Å²) in [6.07, 6.45) is 1.64. The average molecular weight is 424 g/mol. The molecule has 0 saturated carbocycles. The van der Waals surface area contributed by atoms with Gasteiger partial charge in [-0.05, 0) is 68.8 Å². The maximum atomic E-state index is 13.2. The van der Waals surface area contributed by atoms with Crippen LogP contribution in [0.15, 0.2) is 39.4 Å². The third kappa shape index (κ3) is 2.95.